The standard InChI is InChI=1S/C18H27ClN2O4.ClH/c1-10(19)18(24)25-14-8-13-12-5-3-7-20-6-2-4-11(15(12)20)9-21(13)17(23)16(14)22;/h10-16,22H,2-9H2,1H3;1H/t10?,11-,12+,13+,14?,15-,16?;/m0./s1. The topological polar surface area (TPSA) is 70.1 Å². The van der Waals surface area contributed by atoms with Crippen molar-refractivity contribution in [2.24, 2.45) is 11.8 Å². The van der Waals surface area contributed by atoms with Crippen LogP contribution in [-0.4, -0.2) is 76.1 Å². The Labute approximate surface area is 165 Å². The Balaban J connectivity index is 0.00000196. The van der Waals surface area contributed by atoms with Gasteiger partial charge in [0.25, 0.3) is 5.91 Å². The van der Waals surface area contributed by atoms with Gasteiger partial charge in [-0.15, -0.1) is 24.0 Å². The van der Waals surface area contributed by atoms with Crippen LogP contribution in [0.4, 0.5) is 0 Å². The van der Waals surface area contributed by atoms with E-state index in [1.807, 2.05) is 4.90 Å². The molecule has 0 aromatic carbocycles. The molecule has 4 fully saturated rings. The smallest absolute Gasteiger partial charge is 0.324 e. The molecule has 8 heteroatoms. The quantitative estimate of drug-likeness (QED) is 0.554. The molecule has 0 aliphatic carbocycles. The number of carbonyl (C=O) groups is 2. The summed E-state index contributed by atoms with van der Waals surface area (Å²) in [7, 11) is 0. The van der Waals surface area contributed by atoms with Gasteiger partial charge >= 0.3 is 5.97 Å². The van der Waals surface area contributed by atoms with Crippen LogP contribution < -0.4 is 0 Å². The number of hydrogen-bond donors (Lipinski definition) is 1. The van der Waals surface area contributed by atoms with E-state index in [1.165, 1.54) is 6.42 Å². The minimum atomic E-state index is -1.27. The lowest BCUT2D eigenvalue weighted by atomic mass is 9.67. The Morgan fingerprint density at radius 3 is 2.69 bits per heavy atom. The van der Waals surface area contributed by atoms with Crippen molar-refractivity contribution in [3.8, 4) is 0 Å². The van der Waals surface area contributed by atoms with E-state index in [4.69, 9.17) is 16.3 Å². The maximum Gasteiger partial charge on any atom is 0.324 e. The molecule has 148 valence electrons. The summed E-state index contributed by atoms with van der Waals surface area (Å²) in [6, 6.07) is 0.594. The highest BCUT2D eigenvalue weighted by molar-refractivity contribution is 6.29. The lowest BCUT2D eigenvalue weighted by Crippen LogP contribution is -2.70. The van der Waals surface area contributed by atoms with Gasteiger partial charge in [-0.2, -0.15) is 0 Å². The van der Waals surface area contributed by atoms with E-state index in [1.54, 1.807) is 6.92 Å². The molecule has 4 aliphatic heterocycles. The van der Waals surface area contributed by atoms with Crippen LogP contribution in [0.25, 0.3) is 0 Å². The molecule has 0 radical (unpaired) electrons. The Hall–Kier alpha value is -0.560. The van der Waals surface area contributed by atoms with Crippen molar-refractivity contribution in [1.82, 2.24) is 9.80 Å². The van der Waals surface area contributed by atoms with Gasteiger partial charge in [-0.25, -0.2) is 0 Å². The molecule has 4 heterocycles. The van der Waals surface area contributed by atoms with E-state index < -0.39 is 23.6 Å². The molecule has 6 nitrogen and oxygen atoms in total. The number of aliphatic hydroxyl groups is 1. The van der Waals surface area contributed by atoms with Crippen LogP contribution in [0.5, 0.6) is 0 Å². The third kappa shape index (κ3) is 3.34. The van der Waals surface area contributed by atoms with Crippen LogP contribution in [0, 0.1) is 11.8 Å². The van der Waals surface area contributed by atoms with Gasteiger partial charge in [0.1, 0.15) is 11.5 Å². The summed E-state index contributed by atoms with van der Waals surface area (Å²) in [6.07, 6.45) is 3.08. The van der Waals surface area contributed by atoms with E-state index in [2.05, 4.69) is 4.90 Å². The van der Waals surface area contributed by atoms with Gasteiger partial charge in [0.15, 0.2) is 6.10 Å². The van der Waals surface area contributed by atoms with Gasteiger partial charge in [-0.3, -0.25) is 14.5 Å². The molecule has 4 aliphatic rings. The zero-order valence-corrected chi connectivity index (χ0v) is 16.6. The molecular weight excluding hydrogens is 379 g/mol. The largest absolute Gasteiger partial charge is 0.458 e. The molecule has 1 N–H and O–H groups in total. The average Bonchev–Trinajstić information content (AvgIpc) is 2.60. The van der Waals surface area contributed by atoms with Crippen molar-refractivity contribution in [3.05, 3.63) is 0 Å². The molecule has 0 bridgehead atoms. The molecule has 4 saturated heterocycles. The summed E-state index contributed by atoms with van der Waals surface area (Å²) in [5.41, 5.74) is 0. The normalized spacial score (nSPS) is 40.7. The monoisotopic (exact) mass is 406 g/mol. The maximum atomic E-state index is 12.8. The number of esters is 1. The van der Waals surface area contributed by atoms with Gasteiger partial charge in [0, 0.05) is 25.0 Å². The molecule has 0 spiro atoms. The number of piperidine rings is 4. The lowest BCUT2D eigenvalue weighted by Gasteiger charge is -2.59. The van der Waals surface area contributed by atoms with Crippen molar-refractivity contribution < 1.29 is 19.4 Å². The lowest BCUT2D eigenvalue weighted by molar-refractivity contribution is -0.184. The SMILES string of the molecule is CC(Cl)C(=O)OC1C[C@@H]2[C@H]3CCCN4CCC[C@@H](CN2C(=O)C1O)[C@@H]34.Cl. The fraction of sp³-hybridized carbons (Fsp3) is 0.889. The van der Waals surface area contributed by atoms with Gasteiger partial charge in [-0.1, -0.05) is 0 Å². The Morgan fingerprint density at radius 2 is 2.00 bits per heavy atom. The first-order valence-corrected chi connectivity index (χ1v) is 9.98. The minimum Gasteiger partial charge on any atom is -0.458 e. The highest BCUT2D eigenvalue weighted by atomic mass is 35.5. The van der Waals surface area contributed by atoms with Gasteiger partial charge in [0.2, 0.25) is 0 Å². The first-order valence-electron chi connectivity index (χ1n) is 9.54. The van der Waals surface area contributed by atoms with E-state index in [-0.39, 0.29) is 24.4 Å². The van der Waals surface area contributed by atoms with Crippen molar-refractivity contribution in [2.75, 3.05) is 19.6 Å². The molecule has 3 unspecified atom stereocenters. The predicted octanol–water partition coefficient (Wildman–Crippen LogP) is 1.41. The van der Waals surface area contributed by atoms with E-state index in [9.17, 15) is 14.7 Å². The van der Waals surface area contributed by atoms with Crippen LogP contribution in [0.3, 0.4) is 0 Å². The fourth-order valence-corrected chi connectivity index (χ4v) is 5.65. The van der Waals surface area contributed by atoms with Crippen LogP contribution >= 0.6 is 24.0 Å². The number of ether oxygens (including phenoxy) is 1. The van der Waals surface area contributed by atoms with Gasteiger partial charge in [0.05, 0.1) is 0 Å². The van der Waals surface area contributed by atoms with Crippen LogP contribution in [-0.2, 0) is 14.3 Å². The predicted molar refractivity (Wildman–Crippen MR) is 99.4 cm³/mol. The molecule has 26 heavy (non-hydrogen) atoms. The van der Waals surface area contributed by atoms with Crippen LogP contribution in [0.15, 0.2) is 0 Å². The number of rotatable bonds is 2. The highest BCUT2D eigenvalue weighted by Gasteiger charge is 2.54. The number of amides is 1. The molecule has 0 saturated carbocycles. The van der Waals surface area contributed by atoms with E-state index in [0.717, 1.165) is 38.9 Å². The highest BCUT2D eigenvalue weighted by Crippen LogP contribution is 2.45. The molecular formula is C18H28Cl2N2O4. The van der Waals surface area contributed by atoms with Crippen molar-refractivity contribution in [2.45, 2.75) is 68.7 Å². The first-order chi connectivity index (χ1) is 12.0. The summed E-state index contributed by atoms with van der Waals surface area (Å²) in [6.45, 7) is 4.58. The Morgan fingerprint density at radius 1 is 1.31 bits per heavy atom. The molecule has 0 aromatic rings. The fourth-order valence-electron chi connectivity index (χ4n) is 5.60. The second-order valence-corrected chi connectivity index (χ2v) is 8.72. The Kier molecular flexibility index (Phi) is 6.07. The summed E-state index contributed by atoms with van der Waals surface area (Å²) in [4.78, 5) is 29.2. The Bertz CT molecular complexity index is 559. The first kappa shape index (κ1) is 20.2. The number of halogens is 2. The zero-order valence-electron chi connectivity index (χ0n) is 15.1. The number of aliphatic hydroxyl groups excluding tert-OH is 1. The number of nitrogens with zero attached hydrogens (tertiary/aromatic N) is 2. The average molecular weight is 407 g/mol. The van der Waals surface area contributed by atoms with E-state index in [0.29, 0.717) is 24.3 Å². The van der Waals surface area contributed by atoms with Gasteiger partial charge in [-0.05, 0) is 57.5 Å². The third-order valence-corrected chi connectivity index (χ3v) is 6.80. The minimum absolute atomic E-state index is 0. The van der Waals surface area contributed by atoms with Crippen molar-refractivity contribution >= 4 is 35.9 Å². The number of fused-ring (bicyclic) bond motifs is 2. The zero-order chi connectivity index (χ0) is 17.7. The number of hydrogen-bond acceptors (Lipinski definition) is 5. The van der Waals surface area contributed by atoms with Crippen molar-refractivity contribution in [1.29, 1.82) is 0 Å². The second-order valence-electron chi connectivity index (χ2n) is 8.06. The number of alkyl halides is 1. The second kappa shape index (κ2) is 7.82. The maximum absolute atomic E-state index is 12.8. The van der Waals surface area contributed by atoms with E-state index >= 15 is 0 Å². The molecule has 1 amide bonds. The summed E-state index contributed by atoms with van der Waals surface area (Å²) >= 11 is 5.79. The summed E-state index contributed by atoms with van der Waals surface area (Å²) < 4.78 is 5.38. The molecule has 4 rings (SSSR count). The summed E-state index contributed by atoms with van der Waals surface area (Å²) in [5, 5.41) is 9.63. The van der Waals surface area contributed by atoms with Crippen molar-refractivity contribution in [3.63, 3.8) is 0 Å². The molecule has 0 aromatic heterocycles. The van der Waals surface area contributed by atoms with Gasteiger partial charge < -0.3 is 14.7 Å². The summed E-state index contributed by atoms with van der Waals surface area (Å²) in [5.74, 6) is 0.0771. The van der Waals surface area contributed by atoms with Crippen LogP contribution in [0.2, 0.25) is 0 Å². The van der Waals surface area contributed by atoms with Crippen LogP contribution in [0.1, 0.15) is 39.0 Å². The molecule has 7 atom stereocenters. The third-order valence-electron chi connectivity index (χ3n) is 6.63. The number of carbonyl (C=O) groups excluding carboxylic acids is 2.